The van der Waals surface area contributed by atoms with Crippen LogP contribution >= 0.6 is 0 Å². The summed E-state index contributed by atoms with van der Waals surface area (Å²) in [4.78, 5) is 4.01. The monoisotopic (exact) mass is 190 g/mol. The lowest BCUT2D eigenvalue weighted by Gasteiger charge is -2.09. The summed E-state index contributed by atoms with van der Waals surface area (Å²) < 4.78 is 10.7. The highest BCUT2D eigenvalue weighted by molar-refractivity contribution is 5.28. The Balaban J connectivity index is 1.99. The molecule has 1 saturated heterocycles. The Morgan fingerprint density at radius 1 is 1.57 bits per heavy atom. The maximum absolute atomic E-state index is 8.56. The fourth-order valence-electron chi connectivity index (χ4n) is 1.29. The molecule has 4 nitrogen and oxygen atoms in total. The molecule has 0 N–H and O–H groups in total. The van der Waals surface area contributed by atoms with Gasteiger partial charge in [-0.25, -0.2) is 4.98 Å². The molecule has 0 bridgehead atoms. The summed E-state index contributed by atoms with van der Waals surface area (Å²) in [7, 11) is 0. The van der Waals surface area contributed by atoms with Gasteiger partial charge in [-0.15, -0.1) is 0 Å². The third-order valence-electron chi connectivity index (χ3n) is 2.04. The summed E-state index contributed by atoms with van der Waals surface area (Å²) >= 11 is 0. The molecule has 0 aliphatic carbocycles. The molecule has 1 fully saturated rings. The normalized spacial score (nSPS) is 20.4. The first kappa shape index (κ1) is 8.97. The summed E-state index contributed by atoms with van der Waals surface area (Å²) in [6.07, 6.45) is 2.52. The van der Waals surface area contributed by atoms with Crippen molar-refractivity contribution in [3.8, 4) is 11.9 Å². The molecule has 14 heavy (non-hydrogen) atoms. The van der Waals surface area contributed by atoms with Crippen LogP contribution in [0.3, 0.4) is 0 Å². The fraction of sp³-hybridized carbons (Fsp3) is 0.400. The average Bonchev–Trinajstić information content (AvgIpc) is 2.72. The number of nitrogens with zero attached hydrogens (tertiary/aromatic N) is 2. The molecule has 1 unspecified atom stereocenters. The highest BCUT2D eigenvalue weighted by atomic mass is 16.5. The van der Waals surface area contributed by atoms with Crippen molar-refractivity contribution in [1.29, 1.82) is 5.26 Å². The molecular formula is C10H10N2O2. The van der Waals surface area contributed by atoms with Crippen LogP contribution in [0.4, 0.5) is 0 Å². The fourth-order valence-corrected chi connectivity index (χ4v) is 1.29. The second-order valence-electron chi connectivity index (χ2n) is 3.10. The maximum Gasteiger partial charge on any atom is 0.213 e. The first-order valence-electron chi connectivity index (χ1n) is 4.49. The second-order valence-corrected chi connectivity index (χ2v) is 3.10. The van der Waals surface area contributed by atoms with Gasteiger partial charge in [-0.05, 0) is 6.07 Å². The lowest BCUT2D eigenvalue weighted by atomic mass is 10.3. The molecule has 4 heteroatoms. The van der Waals surface area contributed by atoms with Crippen LogP contribution in [-0.2, 0) is 4.74 Å². The Morgan fingerprint density at radius 2 is 2.50 bits per heavy atom. The van der Waals surface area contributed by atoms with E-state index in [9.17, 15) is 0 Å². The smallest absolute Gasteiger partial charge is 0.213 e. The Bertz CT molecular complexity index is 336. The van der Waals surface area contributed by atoms with E-state index in [4.69, 9.17) is 14.7 Å². The standard InChI is InChI=1S/C10H10N2O2/c11-5-8-1-2-10(12-6-8)14-9-3-4-13-7-9/h1-2,6,9H,3-4,7H2. The molecule has 1 aromatic rings. The van der Waals surface area contributed by atoms with Crippen LogP contribution in [0.5, 0.6) is 5.88 Å². The van der Waals surface area contributed by atoms with Gasteiger partial charge >= 0.3 is 0 Å². The van der Waals surface area contributed by atoms with E-state index >= 15 is 0 Å². The highest BCUT2D eigenvalue weighted by Gasteiger charge is 2.17. The quantitative estimate of drug-likeness (QED) is 0.701. The minimum absolute atomic E-state index is 0.107. The van der Waals surface area contributed by atoms with Crippen molar-refractivity contribution < 1.29 is 9.47 Å². The molecule has 0 aromatic carbocycles. The number of hydrogen-bond donors (Lipinski definition) is 0. The molecule has 1 aromatic heterocycles. The molecule has 0 spiro atoms. The zero-order chi connectivity index (χ0) is 9.80. The van der Waals surface area contributed by atoms with Crippen molar-refractivity contribution in [2.24, 2.45) is 0 Å². The topological polar surface area (TPSA) is 55.1 Å². The van der Waals surface area contributed by atoms with Gasteiger partial charge in [-0.2, -0.15) is 5.26 Å². The molecular weight excluding hydrogens is 180 g/mol. The summed E-state index contributed by atoms with van der Waals surface area (Å²) in [5, 5.41) is 8.56. The minimum Gasteiger partial charge on any atom is -0.472 e. The van der Waals surface area contributed by atoms with Gasteiger partial charge in [0.2, 0.25) is 5.88 Å². The summed E-state index contributed by atoms with van der Waals surface area (Å²) in [5.74, 6) is 0.555. The maximum atomic E-state index is 8.56. The van der Waals surface area contributed by atoms with Gasteiger partial charge in [0, 0.05) is 18.7 Å². The molecule has 2 heterocycles. The Hall–Kier alpha value is -1.60. The van der Waals surface area contributed by atoms with E-state index in [2.05, 4.69) is 4.98 Å². The van der Waals surface area contributed by atoms with Crippen LogP contribution in [0.2, 0.25) is 0 Å². The van der Waals surface area contributed by atoms with E-state index < -0.39 is 0 Å². The predicted molar refractivity (Wildman–Crippen MR) is 48.8 cm³/mol. The lowest BCUT2D eigenvalue weighted by Crippen LogP contribution is -2.16. The molecule has 0 radical (unpaired) electrons. The largest absolute Gasteiger partial charge is 0.472 e. The van der Waals surface area contributed by atoms with Gasteiger partial charge in [0.1, 0.15) is 12.2 Å². The zero-order valence-electron chi connectivity index (χ0n) is 7.64. The van der Waals surface area contributed by atoms with Crippen molar-refractivity contribution in [3.63, 3.8) is 0 Å². The van der Waals surface area contributed by atoms with Crippen LogP contribution in [0, 0.1) is 11.3 Å². The van der Waals surface area contributed by atoms with E-state index in [1.54, 1.807) is 12.1 Å². The summed E-state index contributed by atoms with van der Waals surface area (Å²) in [5.41, 5.74) is 0.542. The number of rotatable bonds is 2. The van der Waals surface area contributed by atoms with Crippen molar-refractivity contribution in [3.05, 3.63) is 23.9 Å². The lowest BCUT2D eigenvalue weighted by molar-refractivity contribution is 0.138. The first-order valence-corrected chi connectivity index (χ1v) is 4.49. The van der Waals surface area contributed by atoms with Crippen molar-refractivity contribution >= 4 is 0 Å². The third kappa shape index (κ3) is 2.01. The van der Waals surface area contributed by atoms with Gasteiger partial charge < -0.3 is 9.47 Å². The van der Waals surface area contributed by atoms with Crippen LogP contribution in [0.15, 0.2) is 18.3 Å². The van der Waals surface area contributed by atoms with E-state index in [1.807, 2.05) is 6.07 Å². The third-order valence-corrected chi connectivity index (χ3v) is 2.04. The molecule has 0 saturated carbocycles. The van der Waals surface area contributed by atoms with Crippen LogP contribution in [-0.4, -0.2) is 24.3 Å². The highest BCUT2D eigenvalue weighted by Crippen LogP contribution is 2.14. The number of aromatic nitrogens is 1. The van der Waals surface area contributed by atoms with Crippen LogP contribution in [0.25, 0.3) is 0 Å². The van der Waals surface area contributed by atoms with Crippen molar-refractivity contribution in [2.75, 3.05) is 13.2 Å². The molecule has 2 rings (SSSR count). The van der Waals surface area contributed by atoms with Crippen LogP contribution in [0.1, 0.15) is 12.0 Å². The zero-order valence-corrected chi connectivity index (χ0v) is 7.64. The Morgan fingerprint density at radius 3 is 3.07 bits per heavy atom. The Labute approximate surface area is 82.1 Å². The van der Waals surface area contributed by atoms with Gasteiger partial charge in [0.05, 0.1) is 18.8 Å². The average molecular weight is 190 g/mol. The molecule has 1 atom stereocenters. The Kier molecular flexibility index (Phi) is 2.61. The molecule has 72 valence electrons. The predicted octanol–water partition coefficient (Wildman–Crippen LogP) is 1.12. The van der Waals surface area contributed by atoms with Gasteiger partial charge in [-0.3, -0.25) is 0 Å². The minimum atomic E-state index is 0.107. The number of pyridine rings is 1. The molecule has 1 aliphatic heterocycles. The number of nitriles is 1. The van der Waals surface area contributed by atoms with Gasteiger partial charge in [0.15, 0.2) is 0 Å². The van der Waals surface area contributed by atoms with Crippen LogP contribution < -0.4 is 4.74 Å². The number of hydrogen-bond acceptors (Lipinski definition) is 4. The number of ether oxygens (including phenoxy) is 2. The van der Waals surface area contributed by atoms with E-state index in [-0.39, 0.29) is 6.10 Å². The molecule has 0 amide bonds. The van der Waals surface area contributed by atoms with Crippen molar-refractivity contribution in [2.45, 2.75) is 12.5 Å². The van der Waals surface area contributed by atoms with Gasteiger partial charge in [0.25, 0.3) is 0 Å². The molecule has 1 aliphatic rings. The summed E-state index contributed by atoms with van der Waals surface area (Å²) in [6.45, 7) is 1.38. The second kappa shape index (κ2) is 4.07. The van der Waals surface area contributed by atoms with Crippen molar-refractivity contribution in [1.82, 2.24) is 4.98 Å². The first-order chi connectivity index (χ1) is 6.88. The van der Waals surface area contributed by atoms with E-state index in [0.717, 1.165) is 13.0 Å². The SMILES string of the molecule is N#Cc1ccc(OC2CCOC2)nc1. The van der Waals surface area contributed by atoms with E-state index in [1.165, 1.54) is 6.20 Å². The van der Waals surface area contributed by atoms with Gasteiger partial charge in [-0.1, -0.05) is 0 Å². The summed E-state index contributed by atoms with van der Waals surface area (Å²) in [6, 6.07) is 5.40. The van der Waals surface area contributed by atoms with E-state index in [0.29, 0.717) is 18.1 Å².